The molecule has 1 amide bonds. The van der Waals surface area contributed by atoms with Crippen LogP contribution in [0, 0.1) is 6.92 Å². The second kappa shape index (κ2) is 5.98. The van der Waals surface area contributed by atoms with E-state index in [4.69, 9.17) is 4.98 Å². The minimum Gasteiger partial charge on any atom is -0.332 e. The summed E-state index contributed by atoms with van der Waals surface area (Å²) in [5, 5.41) is 4.19. The number of amides is 1. The fraction of sp³-hybridized carbons (Fsp3) is 0.222. The number of aromatic nitrogens is 1. The zero-order chi connectivity index (χ0) is 15.8. The third-order valence-electron chi connectivity index (χ3n) is 3.98. The minimum atomic E-state index is 0.182. The standard InChI is InChI=1S/C18H16N2OS2/c1-12-4-5-16-13(7-12)8-14-9-20(10-15-3-2-6-22-15)17(21)11-23-18(14)19-16/h2-8H,9-11H2,1H3. The van der Waals surface area contributed by atoms with E-state index in [1.54, 1.807) is 23.1 Å². The lowest BCUT2D eigenvalue weighted by Gasteiger charge is -2.20. The minimum absolute atomic E-state index is 0.182. The number of thiophene rings is 1. The van der Waals surface area contributed by atoms with E-state index in [-0.39, 0.29) is 5.91 Å². The lowest BCUT2D eigenvalue weighted by molar-refractivity contribution is -0.129. The molecule has 0 radical (unpaired) electrons. The molecule has 1 aliphatic heterocycles. The first kappa shape index (κ1) is 14.7. The van der Waals surface area contributed by atoms with Gasteiger partial charge in [0.15, 0.2) is 0 Å². The summed E-state index contributed by atoms with van der Waals surface area (Å²) in [5.41, 5.74) is 3.38. The maximum atomic E-state index is 12.4. The summed E-state index contributed by atoms with van der Waals surface area (Å²) in [6.45, 7) is 3.41. The summed E-state index contributed by atoms with van der Waals surface area (Å²) in [5.74, 6) is 0.643. The quantitative estimate of drug-likeness (QED) is 0.699. The van der Waals surface area contributed by atoms with Crippen molar-refractivity contribution in [2.24, 2.45) is 0 Å². The number of pyridine rings is 1. The highest BCUT2D eigenvalue weighted by Gasteiger charge is 2.22. The van der Waals surface area contributed by atoms with Crippen LogP contribution >= 0.6 is 23.1 Å². The predicted molar refractivity (Wildman–Crippen MR) is 95.8 cm³/mol. The smallest absolute Gasteiger partial charge is 0.233 e. The molecular formula is C18H16N2OS2. The number of fused-ring (bicyclic) bond motifs is 2. The number of rotatable bonds is 2. The molecule has 1 aromatic carbocycles. The van der Waals surface area contributed by atoms with Gasteiger partial charge < -0.3 is 4.90 Å². The molecule has 5 heteroatoms. The van der Waals surface area contributed by atoms with Gasteiger partial charge in [0.05, 0.1) is 17.8 Å². The Kier molecular flexibility index (Phi) is 3.83. The Morgan fingerprint density at radius 3 is 3.00 bits per heavy atom. The summed E-state index contributed by atoms with van der Waals surface area (Å²) >= 11 is 3.25. The van der Waals surface area contributed by atoms with Gasteiger partial charge in [0, 0.05) is 22.4 Å². The van der Waals surface area contributed by atoms with Crippen molar-refractivity contribution < 1.29 is 4.79 Å². The zero-order valence-corrected chi connectivity index (χ0v) is 14.4. The van der Waals surface area contributed by atoms with Crippen LogP contribution in [0.15, 0.2) is 46.8 Å². The number of hydrogen-bond acceptors (Lipinski definition) is 4. The second-order valence-corrected chi connectivity index (χ2v) is 7.76. The fourth-order valence-corrected chi connectivity index (χ4v) is 4.44. The lowest BCUT2D eigenvalue weighted by atomic mass is 10.1. The first-order valence-corrected chi connectivity index (χ1v) is 9.39. The van der Waals surface area contributed by atoms with Gasteiger partial charge in [-0.15, -0.1) is 11.3 Å². The Morgan fingerprint density at radius 1 is 1.26 bits per heavy atom. The van der Waals surface area contributed by atoms with Crippen LogP contribution in [0.25, 0.3) is 10.9 Å². The number of aryl methyl sites for hydroxylation is 1. The highest BCUT2D eigenvalue weighted by molar-refractivity contribution is 8.00. The Balaban J connectivity index is 1.71. The molecule has 23 heavy (non-hydrogen) atoms. The van der Waals surface area contributed by atoms with E-state index in [1.165, 1.54) is 10.4 Å². The van der Waals surface area contributed by atoms with Crippen molar-refractivity contribution in [1.82, 2.24) is 9.88 Å². The molecule has 0 saturated carbocycles. The average molecular weight is 340 g/mol. The predicted octanol–water partition coefficient (Wildman–Crippen LogP) is 4.24. The van der Waals surface area contributed by atoms with Crippen LogP contribution in [-0.2, 0) is 17.9 Å². The SMILES string of the molecule is Cc1ccc2nc3c(cc2c1)CN(Cc1cccs1)C(=O)CS3. The van der Waals surface area contributed by atoms with Crippen LogP contribution in [0.4, 0.5) is 0 Å². The summed E-state index contributed by atoms with van der Waals surface area (Å²) in [7, 11) is 0. The van der Waals surface area contributed by atoms with E-state index >= 15 is 0 Å². The maximum Gasteiger partial charge on any atom is 0.233 e. The number of benzene rings is 1. The van der Waals surface area contributed by atoms with Crippen LogP contribution in [0.2, 0.25) is 0 Å². The van der Waals surface area contributed by atoms with Gasteiger partial charge in [-0.1, -0.05) is 29.5 Å². The normalized spacial score (nSPS) is 14.8. The molecule has 3 heterocycles. The number of thioether (sulfide) groups is 1. The highest BCUT2D eigenvalue weighted by Crippen LogP contribution is 2.30. The summed E-state index contributed by atoms with van der Waals surface area (Å²) in [4.78, 5) is 20.4. The van der Waals surface area contributed by atoms with E-state index in [9.17, 15) is 4.79 Å². The molecule has 0 fully saturated rings. The number of carbonyl (C=O) groups excluding carboxylic acids is 1. The van der Waals surface area contributed by atoms with E-state index in [1.807, 2.05) is 11.0 Å². The molecule has 0 aliphatic carbocycles. The Hall–Kier alpha value is -1.85. The lowest BCUT2D eigenvalue weighted by Crippen LogP contribution is -2.29. The maximum absolute atomic E-state index is 12.4. The van der Waals surface area contributed by atoms with Gasteiger partial charge in [-0.2, -0.15) is 0 Å². The van der Waals surface area contributed by atoms with Crippen molar-refractivity contribution in [3.8, 4) is 0 Å². The number of hydrogen-bond donors (Lipinski definition) is 0. The van der Waals surface area contributed by atoms with Crippen molar-refractivity contribution in [3.05, 3.63) is 57.8 Å². The van der Waals surface area contributed by atoms with E-state index in [2.05, 4.69) is 42.6 Å². The number of carbonyl (C=O) groups is 1. The van der Waals surface area contributed by atoms with E-state index in [0.717, 1.165) is 21.5 Å². The second-order valence-electron chi connectivity index (χ2n) is 5.77. The van der Waals surface area contributed by atoms with Crippen molar-refractivity contribution in [2.75, 3.05) is 5.75 Å². The van der Waals surface area contributed by atoms with Gasteiger partial charge in [0.2, 0.25) is 5.91 Å². The third kappa shape index (κ3) is 2.99. The first-order valence-electron chi connectivity index (χ1n) is 7.52. The van der Waals surface area contributed by atoms with E-state index < -0.39 is 0 Å². The largest absolute Gasteiger partial charge is 0.332 e. The molecule has 0 unspecified atom stereocenters. The van der Waals surface area contributed by atoms with Crippen LogP contribution in [-0.4, -0.2) is 21.5 Å². The highest BCUT2D eigenvalue weighted by atomic mass is 32.2. The molecule has 0 N–H and O–H groups in total. The molecule has 0 atom stereocenters. The van der Waals surface area contributed by atoms with Gasteiger partial charge in [0.1, 0.15) is 5.03 Å². The molecule has 1 aliphatic rings. The molecule has 2 aromatic heterocycles. The van der Waals surface area contributed by atoms with Crippen molar-refractivity contribution >= 4 is 39.9 Å². The van der Waals surface area contributed by atoms with Gasteiger partial charge in [0.25, 0.3) is 0 Å². The average Bonchev–Trinajstić information content (AvgIpc) is 2.99. The van der Waals surface area contributed by atoms with Crippen molar-refractivity contribution in [2.45, 2.75) is 25.0 Å². The van der Waals surface area contributed by atoms with Crippen LogP contribution in [0.1, 0.15) is 16.0 Å². The van der Waals surface area contributed by atoms with Crippen LogP contribution in [0.3, 0.4) is 0 Å². The van der Waals surface area contributed by atoms with Gasteiger partial charge in [-0.3, -0.25) is 4.79 Å². The van der Waals surface area contributed by atoms with E-state index in [0.29, 0.717) is 18.8 Å². The molecule has 0 spiro atoms. The molecule has 0 bridgehead atoms. The van der Waals surface area contributed by atoms with Crippen molar-refractivity contribution in [3.63, 3.8) is 0 Å². The molecule has 116 valence electrons. The Bertz CT molecular complexity index is 874. The first-order chi connectivity index (χ1) is 11.2. The Labute approximate surface area is 143 Å². The van der Waals surface area contributed by atoms with Gasteiger partial charge in [-0.25, -0.2) is 4.98 Å². The monoisotopic (exact) mass is 340 g/mol. The van der Waals surface area contributed by atoms with Gasteiger partial charge >= 0.3 is 0 Å². The molecule has 0 saturated heterocycles. The molecule has 3 nitrogen and oxygen atoms in total. The summed E-state index contributed by atoms with van der Waals surface area (Å²) in [6, 6.07) is 12.6. The van der Waals surface area contributed by atoms with Crippen LogP contribution < -0.4 is 0 Å². The Morgan fingerprint density at radius 2 is 2.17 bits per heavy atom. The van der Waals surface area contributed by atoms with Gasteiger partial charge in [-0.05, 0) is 36.6 Å². The fourth-order valence-electron chi connectivity index (χ4n) is 2.81. The number of nitrogens with zero attached hydrogens (tertiary/aromatic N) is 2. The zero-order valence-electron chi connectivity index (χ0n) is 12.8. The molecule has 3 aromatic rings. The molecular weight excluding hydrogens is 324 g/mol. The van der Waals surface area contributed by atoms with Crippen LogP contribution in [0.5, 0.6) is 0 Å². The van der Waals surface area contributed by atoms with Crippen molar-refractivity contribution in [1.29, 1.82) is 0 Å². The molecule has 4 rings (SSSR count). The topological polar surface area (TPSA) is 33.2 Å². The summed E-state index contributed by atoms with van der Waals surface area (Å²) < 4.78 is 0. The summed E-state index contributed by atoms with van der Waals surface area (Å²) in [6.07, 6.45) is 0. The third-order valence-corrected chi connectivity index (χ3v) is 5.86.